The maximum Gasteiger partial charge on any atom is 0.235 e. The van der Waals surface area contributed by atoms with Gasteiger partial charge in [-0.05, 0) is 24.1 Å². The molecule has 20 heavy (non-hydrogen) atoms. The third kappa shape index (κ3) is 2.98. The number of nitrogens with zero attached hydrogens (tertiary/aromatic N) is 2. The molecule has 1 aromatic heterocycles. The molecule has 5 heteroatoms. The van der Waals surface area contributed by atoms with Crippen LogP contribution >= 0.6 is 0 Å². The maximum absolute atomic E-state index is 12.2. The summed E-state index contributed by atoms with van der Waals surface area (Å²) in [4.78, 5) is 29.7. The van der Waals surface area contributed by atoms with Crippen LogP contribution < -0.4 is 5.32 Å². The molecule has 1 saturated heterocycles. The topological polar surface area (TPSA) is 62.3 Å². The summed E-state index contributed by atoms with van der Waals surface area (Å²) in [6, 6.07) is 3.73. The van der Waals surface area contributed by atoms with Crippen LogP contribution in [0.25, 0.3) is 0 Å². The van der Waals surface area contributed by atoms with E-state index in [-0.39, 0.29) is 18.2 Å². The highest BCUT2D eigenvalue weighted by atomic mass is 16.2. The van der Waals surface area contributed by atoms with Gasteiger partial charge in [-0.15, -0.1) is 0 Å². The number of likely N-dealkylation sites (tertiary alicyclic amines) is 1. The number of hydrogen-bond donors (Lipinski definition) is 1. The number of amides is 2. The molecule has 1 aromatic rings. The number of nitrogens with one attached hydrogen (secondary N) is 1. The lowest BCUT2D eigenvalue weighted by Crippen LogP contribution is -2.32. The number of carbonyl (C=O) groups excluding carboxylic acids is 2. The Morgan fingerprint density at radius 2 is 2.15 bits per heavy atom. The second-order valence-corrected chi connectivity index (χ2v) is 5.82. The number of hydrogen-bond acceptors (Lipinski definition) is 4. The fourth-order valence-electron chi connectivity index (χ4n) is 2.29. The smallest absolute Gasteiger partial charge is 0.235 e. The SMILES string of the molecule is CCCNc1cc(CN2C(=O)CC(C)(C)C2=O)ccn1. The van der Waals surface area contributed by atoms with E-state index in [1.165, 1.54) is 4.90 Å². The van der Waals surface area contributed by atoms with E-state index in [2.05, 4.69) is 17.2 Å². The van der Waals surface area contributed by atoms with Gasteiger partial charge in [-0.25, -0.2) is 4.98 Å². The highest BCUT2D eigenvalue weighted by Gasteiger charge is 2.44. The van der Waals surface area contributed by atoms with Crippen LogP contribution in [0.2, 0.25) is 0 Å². The molecule has 0 spiro atoms. The molecule has 0 bridgehead atoms. The molecular weight excluding hydrogens is 254 g/mol. The van der Waals surface area contributed by atoms with E-state index in [1.807, 2.05) is 26.0 Å². The molecule has 0 unspecified atom stereocenters. The molecule has 1 N–H and O–H groups in total. The van der Waals surface area contributed by atoms with Crippen LogP contribution in [0.3, 0.4) is 0 Å². The molecule has 1 fully saturated rings. The lowest BCUT2D eigenvalue weighted by atomic mass is 9.92. The van der Waals surface area contributed by atoms with Gasteiger partial charge in [-0.2, -0.15) is 0 Å². The van der Waals surface area contributed by atoms with Crippen LogP contribution in [-0.2, 0) is 16.1 Å². The van der Waals surface area contributed by atoms with Gasteiger partial charge in [0.2, 0.25) is 11.8 Å². The minimum Gasteiger partial charge on any atom is -0.370 e. The number of rotatable bonds is 5. The zero-order chi connectivity index (χ0) is 14.8. The summed E-state index contributed by atoms with van der Waals surface area (Å²) < 4.78 is 0. The molecule has 2 amide bonds. The van der Waals surface area contributed by atoms with Crippen molar-refractivity contribution in [1.29, 1.82) is 0 Å². The van der Waals surface area contributed by atoms with Gasteiger partial charge in [0.1, 0.15) is 5.82 Å². The average molecular weight is 275 g/mol. The third-order valence-electron chi connectivity index (χ3n) is 3.44. The van der Waals surface area contributed by atoms with Crippen LogP contribution in [-0.4, -0.2) is 28.2 Å². The summed E-state index contributed by atoms with van der Waals surface area (Å²) >= 11 is 0. The van der Waals surface area contributed by atoms with Gasteiger partial charge in [0.15, 0.2) is 0 Å². The van der Waals surface area contributed by atoms with Crippen LogP contribution in [0.5, 0.6) is 0 Å². The Kier molecular flexibility index (Phi) is 4.06. The van der Waals surface area contributed by atoms with Gasteiger partial charge in [0.05, 0.1) is 12.0 Å². The lowest BCUT2D eigenvalue weighted by Gasteiger charge is -2.18. The summed E-state index contributed by atoms with van der Waals surface area (Å²) in [6.45, 7) is 6.89. The second kappa shape index (κ2) is 5.61. The Hall–Kier alpha value is -1.91. The summed E-state index contributed by atoms with van der Waals surface area (Å²) in [5.74, 6) is 0.588. The molecule has 108 valence electrons. The molecular formula is C15H21N3O2. The van der Waals surface area contributed by atoms with Crippen LogP contribution in [0.1, 0.15) is 39.2 Å². The third-order valence-corrected chi connectivity index (χ3v) is 3.44. The fraction of sp³-hybridized carbons (Fsp3) is 0.533. The molecule has 2 heterocycles. The molecule has 2 rings (SSSR count). The molecule has 0 saturated carbocycles. The highest BCUT2D eigenvalue weighted by molar-refractivity contribution is 6.05. The van der Waals surface area contributed by atoms with Crippen molar-refractivity contribution < 1.29 is 9.59 Å². The normalized spacial score (nSPS) is 17.6. The van der Waals surface area contributed by atoms with Crippen molar-refractivity contribution in [3.63, 3.8) is 0 Å². The molecule has 0 atom stereocenters. The van der Waals surface area contributed by atoms with Crippen molar-refractivity contribution in [1.82, 2.24) is 9.88 Å². The minimum atomic E-state index is -0.576. The summed E-state index contributed by atoms with van der Waals surface area (Å²) in [5, 5.41) is 3.20. The van der Waals surface area contributed by atoms with Crippen LogP contribution in [0.15, 0.2) is 18.3 Å². The fourth-order valence-corrected chi connectivity index (χ4v) is 2.29. The van der Waals surface area contributed by atoms with Crippen molar-refractivity contribution in [2.24, 2.45) is 5.41 Å². The van der Waals surface area contributed by atoms with E-state index in [0.29, 0.717) is 6.54 Å². The number of anilines is 1. The largest absolute Gasteiger partial charge is 0.370 e. The first-order chi connectivity index (χ1) is 9.44. The van der Waals surface area contributed by atoms with E-state index >= 15 is 0 Å². The number of aromatic nitrogens is 1. The van der Waals surface area contributed by atoms with Crippen molar-refractivity contribution in [3.05, 3.63) is 23.9 Å². The number of pyridine rings is 1. The van der Waals surface area contributed by atoms with E-state index in [1.54, 1.807) is 6.20 Å². The van der Waals surface area contributed by atoms with Gasteiger partial charge in [0, 0.05) is 19.2 Å². The van der Waals surface area contributed by atoms with Crippen molar-refractivity contribution >= 4 is 17.6 Å². The number of carbonyl (C=O) groups is 2. The molecule has 5 nitrogen and oxygen atoms in total. The van der Waals surface area contributed by atoms with Crippen LogP contribution in [0.4, 0.5) is 5.82 Å². The van der Waals surface area contributed by atoms with E-state index in [4.69, 9.17) is 0 Å². The first-order valence-electron chi connectivity index (χ1n) is 6.97. The summed E-state index contributed by atoms with van der Waals surface area (Å²) in [7, 11) is 0. The maximum atomic E-state index is 12.2. The van der Waals surface area contributed by atoms with E-state index in [0.717, 1.165) is 24.3 Å². The van der Waals surface area contributed by atoms with Crippen molar-refractivity contribution in [3.8, 4) is 0 Å². The predicted octanol–water partition coefficient (Wildman–Crippen LogP) is 2.19. The van der Waals surface area contributed by atoms with Crippen molar-refractivity contribution in [2.75, 3.05) is 11.9 Å². The quantitative estimate of drug-likeness (QED) is 0.837. The second-order valence-electron chi connectivity index (χ2n) is 5.82. The number of imide groups is 1. The Balaban J connectivity index is 2.10. The predicted molar refractivity (Wildman–Crippen MR) is 77.0 cm³/mol. The first kappa shape index (κ1) is 14.5. The zero-order valence-corrected chi connectivity index (χ0v) is 12.3. The summed E-state index contributed by atoms with van der Waals surface area (Å²) in [5.41, 5.74) is 0.339. The molecule has 0 aliphatic carbocycles. The Morgan fingerprint density at radius 3 is 2.75 bits per heavy atom. The van der Waals surface area contributed by atoms with Gasteiger partial charge >= 0.3 is 0 Å². The Labute approximate surface area is 119 Å². The highest BCUT2D eigenvalue weighted by Crippen LogP contribution is 2.32. The van der Waals surface area contributed by atoms with Gasteiger partial charge in [-0.1, -0.05) is 20.8 Å². The first-order valence-corrected chi connectivity index (χ1v) is 6.97. The molecule has 1 aliphatic heterocycles. The minimum absolute atomic E-state index is 0.0950. The van der Waals surface area contributed by atoms with Crippen LogP contribution in [0, 0.1) is 5.41 Å². The van der Waals surface area contributed by atoms with E-state index < -0.39 is 5.41 Å². The standard InChI is InChI=1S/C15H21N3O2/c1-4-6-16-12-8-11(5-7-17-12)10-18-13(19)9-15(2,3)14(18)20/h5,7-8H,4,6,9-10H2,1-3H3,(H,16,17). The van der Waals surface area contributed by atoms with Crippen molar-refractivity contribution in [2.45, 2.75) is 40.2 Å². The monoisotopic (exact) mass is 275 g/mol. The Morgan fingerprint density at radius 1 is 1.40 bits per heavy atom. The summed E-state index contributed by atoms with van der Waals surface area (Å²) in [6.07, 6.45) is 3.00. The Bertz CT molecular complexity index is 526. The average Bonchev–Trinajstić information content (AvgIpc) is 2.59. The van der Waals surface area contributed by atoms with Gasteiger partial charge < -0.3 is 5.32 Å². The molecule has 0 aromatic carbocycles. The lowest BCUT2D eigenvalue weighted by molar-refractivity contribution is -0.141. The molecule has 1 aliphatic rings. The molecule has 0 radical (unpaired) electrons. The van der Waals surface area contributed by atoms with Gasteiger partial charge in [0.25, 0.3) is 0 Å². The van der Waals surface area contributed by atoms with Gasteiger partial charge in [-0.3, -0.25) is 14.5 Å². The zero-order valence-electron chi connectivity index (χ0n) is 12.3. The van der Waals surface area contributed by atoms with E-state index in [9.17, 15) is 9.59 Å².